The summed E-state index contributed by atoms with van der Waals surface area (Å²) in [7, 11) is 0. The lowest BCUT2D eigenvalue weighted by molar-refractivity contribution is 0.353. The molecule has 0 aromatic carbocycles. The molecule has 0 fully saturated rings. The summed E-state index contributed by atoms with van der Waals surface area (Å²) < 4.78 is 2.48. The van der Waals surface area contributed by atoms with E-state index in [1.807, 2.05) is 0 Å². The van der Waals surface area contributed by atoms with Gasteiger partial charge in [-0.25, -0.2) is 0 Å². The average molecular weight is 425 g/mol. The van der Waals surface area contributed by atoms with E-state index in [1.54, 1.807) is 11.3 Å². The van der Waals surface area contributed by atoms with E-state index < -0.39 is 0 Å². The molecule has 2 atom stereocenters. The summed E-state index contributed by atoms with van der Waals surface area (Å²) in [5.41, 5.74) is 1.42. The maximum Gasteiger partial charge on any atom is 0.0758 e. The summed E-state index contributed by atoms with van der Waals surface area (Å²) in [6, 6.07) is 2.75. The zero-order valence-corrected chi connectivity index (χ0v) is 16.8. The molecule has 0 aliphatic carbocycles. The second-order valence-electron chi connectivity index (χ2n) is 5.44. The smallest absolute Gasteiger partial charge is 0.0758 e. The SMILES string of the molecule is CCCCC(CC)CC(NCCC)c1cc(Br)sc1Br. The Morgan fingerprint density at radius 3 is 2.45 bits per heavy atom. The zero-order valence-electron chi connectivity index (χ0n) is 12.8. The summed E-state index contributed by atoms with van der Waals surface area (Å²) in [5.74, 6) is 0.829. The molecular weight excluding hydrogens is 398 g/mol. The van der Waals surface area contributed by atoms with Crippen LogP contribution in [-0.2, 0) is 0 Å². The third kappa shape index (κ3) is 6.17. The van der Waals surface area contributed by atoms with Gasteiger partial charge < -0.3 is 5.32 Å². The monoisotopic (exact) mass is 423 g/mol. The van der Waals surface area contributed by atoms with Crippen LogP contribution < -0.4 is 5.32 Å². The molecule has 0 bridgehead atoms. The number of thiophene rings is 1. The van der Waals surface area contributed by atoms with Crippen molar-refractivity contribution in [3.8, 4) is 0 Å². The van der Waals surface area contributed by atoms with E-state index in [4.69, 9.17) is 0 Å². The number of hydrogen-bond donors (Lipinski definition) is 1. The molecule has 4 heteroatoms. The molecule has 1 rings (SSSR count). The molecule has 20 heavy (non-hydrogen) atoms. The Balaban J connectivity index is 2.75. The zero-order chi connectivity index (χ0) is 15.0. The van der Waals surface area contributed by atoms with Gasteiger partial charge >= 0.3 is 0 Å². The van der Waals surface area contributed by atoms with Crippen LogP contribution in [0, 0.1) is 5.92 Å². The Morgan fingerprint density at radius 2 is 1.95 bits per heavy atom. The summed E-state index contributed by atoms with van der Waals surface area (Å²) in [5, 5.41) is 3.74. The predicted octanol–water partition coefficient (Wildman–Crippen LogP) is 6.92. The predicted molar refractivity (Wildman–Crippen MR) is 98.7 cm³/mol. The standard InChI is InChI=1S/C16H27Br2NS/c1-4-7-8-12(6-3)10-14(19-9-5-2)13-11-15(17)20-16(13)18/h11-12,14,19H,4-10H2,1-3H3. The van der Waals surface area contributed by atoms with Crippen molar-refractivity contribution in [2.24, 2.45) is 5.92 Å². The van der Waals surface area contributed by atoms with Gasteiger partial charge in [0.15, 0.2) is 0 Å². The van der Waals surface area contributed by atoms with Crippen LogP contribution >= 0.6 is 43.2 Å². The van der Waals surface area contributed by atoms with Crippen molar-refractivity contribution < 1.29 is 0 Å². The average Bonchev–Trinajstić information content (AvgIpc) is 2.77. The van der Waals surface area contributed by atoms with Gasteiger partial charge in [-0.2, -0.15) is 0 Å². The van der Waals surface area contributed by atoms with Crippen molar-refractivity contribution in [3.63, 3.8) is 0 Å². The Hall–Kier alpha value is 0.620. The second kappa shape index (κ2) is 10.4. The van der Waals surface area contributed by atoms with E-state index in [-0.39, 0.29) is 0 Å². The van der Waals surface area contributed by atoms with Crippen molar-refractivity contribution in [1.29, 1.82) is 0 Å². The first-order chi connectivity index (χ1) is 9.62. The van der Waals surface area contributed by atoms with Crippen LogP contribution in [0.1, 0.15) is 70.9 Å². The van der Waals surface area contributed by atoms with Crippen molar-refractivity contribution >= 4 is 43.2 Å². The topological polar surface area (TPSA) is 12.0 Å². The Labute approximate surface area is 145 Å². The molecule has 1 heterocycles. The fraction of sp³-hybridized carbons (Fsp3) is 0.750. The lowest BCUT2D eigenvalue weighted by Gasteiger charge is -2.24. The van der Waals surface area contributed by atoms with Gasteiger partial charge in [-0.3, -0.25) is 0 Å². The number of halogens is 2. The Morgan fingerprint density at radius 1 is 1.20 bits per heavy atom. The van der Waals surface area contributed by atoms with Gasteiger partial charge in [-0.05, 0) is 68.8 Å². The molecule has 0 aliphatic rings. The van der Waals surface area contributed by atoms with Gasteiger partial charge in [0.25, 0.3) is 0 Å². The summed E-state index contributed by atoms with van der Waals surface area (Å²) in [4.78, 5) is 0. The minimum Gasteiger partial charge on any atom is -0.310 e. The molecule has 1 aromatic rings. The molecule has 1 nitrogen and oxygen atoms in total. The molecular formula is C16H27Br2NS. The third-order valence-corrected chi connectivity index (χ3v) is 6.20. The highest BCUT2D eigenvalue weighted by Gasteiger charge is 2.20. The van der Waals surface area contributed by atoms with E-state index in [0.717, 1.165) is 12.5 Å². The highest BCUT2D eigenvalue weighted by atomic mass is 79.9. The van der Waals surface area contributed by atoms with Gasteiger partial charge in [-0.15, -0.1) is 11.3 Å². The van der Waals surface area contributed by atoms with Gasteiger partial charge in [0, 0.05) is 6.04 Å². The lowest BCUT2D eigenvalue weighted by Crippen LogP contribution is -2.24. The molecule has 0 spiro atoms. The fourth-order valence-corrected chi connectivity index (χ4v) is 5.52. The molecule has 0 radical (unpaired) electrons. The number of unbranched alkanes of at least 4 members (excludes halogenated alkanes) is 1. The highest BCUT2D eigenvalue weighted by Crippen LogP contribution is 2.38. The Kier molecular flexibility index (Phi) is 9.67. The van der Waals surface area contributed by atoms with Crippen LogP contribution in [0.3, 0.4) is 0 Å². The largest absolute Gasteiger partial charge is 0.310 e. The molecule has 1 aromatic heterocycles. The molecule has 0 saturated heterocycles. The minimum absolute atomic E-state index is 0.480. The van der Waals surface area contributed by atoms with Crippen molar-refractivity contribution in [3.05, 3.63) is 19.2 Å². The minimum atomic E-state index is 0.480. The molecule has 116 valence electrons. The van der Waals surface area contributed by atoms with Crippen LogP contribution in [-0.4, -0.2) is 6.54 Å². The normalized spacial score (nSPS) is 14.4. The van der Waals surface area contributed by atoms with E-state index in [0.29, 0.717) is 6.04 Å². The number of nitrogens with one attached hydrogen (secondary N) is 1. The fourth-order valence-electron chi connectivity index (χ4n) is 2.54. The number of hydrogen-bond acceptors (Lipinski definition) is 2. The molecule has 2 unspecified atom stereocenters. The van der Waals surface area contributed by atoms with Gasteiger partial charge in [0.2, 0.25) is 0 Å². The maximum atomic E-state index is 3.74. The first-order valence-corrected chi connectivity index (χ1v) is 10.2. The van der Waals surface area contributed by atoms with E-state index in [2.05, 4.69) is 64.0 Å². The summed E-state index contributed by atoms with van der Waals surface area (Å²) in [6.07, 6.45) is 7.74. The quantitative estimate of drug-likeness (QED) is 0.429. The van der Waals surface area contributed by atoms with Crippen LogP contribution in [0.4, 0.5) is 0 Å². The van der Waals surface area contributed by atoms with E-state index in [1.165, 1.54) is 51.7 Å². The Bertz CT molecular complexity index is 379. The summed E-state index contributed by atoms with van der Waals surface area (Å²) in [6.45, 7) is 7.94. The molecule has 0 saturated carbocycles. The van der Waals surface area contributed by atoms with Crippen molar-refractivity contribution in [2.75, 3.05) is 6.54 Å². The molecule has 0 aliphatic heterocycles. The van der Waals surface area contributed by atoms with Gasteiger partial charge in [0.1, 0.15) is 0 Å². The molecule has 1 N–H and O–H groups in total. The van der Waals surface area contributed by atoms with E-state index in [9.17, 15) is 0 Å². The van der Waals surface area contributed by atoms with Crippen LogP contribution in [0.2, 0.25) is 0 Å². The number of rotatable bonds is 10. The van der Waals surface area contributed by atoms with Crippen LogP contribution in [0.15, 0.2) is 13.6 Å². The first-order valence-electron chi connectivity index (χ1n) is 7.80. The van der Waals surface area contributed by atoms with Crippen molar-refractivity contribution in [1.82, 2.24) is 5.32 Å². The van der Waals surface area contributed by atoms with Crippen LogP contribution in [0.5, 0.6) is 0 Å². The highest BCUT2D eigenvalue weighted by molar-refractivity contribution is 9.12. The van der Waals surface area contributed by atoms with Gasteiger partial charge in [-0.1, -0.05) is 46.5 Å². The first kappa shape index (κ1) is 18.7. The van der Waals surface area contributed by atoms with E-state index >= 15 is 0 Å². The van der Waals surface area contributed by atoms with Gasteiger partial charge in [0.05, 0.1) is 7.57 Å². The van der Waals surface area contributed by atoms with Crippen LogP contribution in [0.25, 0.3) is 0 Å². The van der Waals surface area contributed by atoms with Crippen molar-refractivity contribution in [2.45, 2.75) is 65.3 Å². The lowest BCUT2D eigenvalue weighted by atomic mass is 9.90. The maximum absolute atomic E-state index is 3.74. The third-order valence-electron chi connectivity index (χ3n) is 3.81. The summed E-state index contributed by atoms with van der Waals surface area (Å²) >= 11 is 9.11. The second-order valence-corrected chi connectivity index (χ2v) is 9.19. The molecule has 0 amide bonds.